The summed E-state index contributed by atoms with van der Waals surface area (Å²) in [6.45, 7) is 4.54. The van der Waals surface area contributed by atoms with Gasteiger partial charge in [-0.25, -0.2) is 0 Å². The lowest BCUT2D eigenvalue weighted by molar-refractivity contribution is 0.464. The highest BCUT2D eigenvalue weighted by Gasteiger charge is 2.01. The highest BCUT2D eigenvalue weighted by atomic mass is 15.1. The summed E-state index contributed by atoms with van der Waals surface area (Å²) < 4.78 is 0. The molecule has 2 N–H and O–H groups in total. The van der Waals surface area contributed by atoms with Gasteiger partial charge in [0, 0.05) is 0 Å². The Morgan fingerprint density at radius 3 is 1.90 bits per heavy atom. The standard InChI is InChI=1S/C8H18N2/c1-8-9-6-4-2-3-5-7-10-8/h8-10H,2-7H2,1H3. The molecule has 1 saturated heterocycles. The lowest BCUT2D eigenvalue weighted by Crippen LogP contribution is -2.39. The van der Waals surface area contributed by atoms with Gasteiger partial charge < -0.3 is 10.6 Å². The number of hydrogen-bond donors (Lipinski definition) is 2. The van der Waals surface area contributed by atoms with E-state index in [0.29, 0.717) is 6.17 Å². The Morgan fingerprint density at radius 1 is 0.900 bits per heavy atom. The lowest BCUT2D eigenvalue weighted by atomic mass is 10.2. The Hall–Kier alpha value is -0.0800. The summed E-state index contributed by atoms with van der Waals surface area (Å²) in [5.74, 6) is 0. The van der Waals surface area contributed by atoms with Crippen molar-refractivity contribution in [2.75, 3.05) is 13.1 Å². The zero-order chi connectivity index (χ0) is 7.23. The first-order valence-electron chi connectivity index (χ1n) is 4.36. The van der Waals surface area contributed by atoms with Gasteiger partial charge >= 0.3 is 0 Å². The Bertz CT molecular complexity index is 73.3. The van der Waals surface area contributed by atoms with Crippen LogP contribution < -0.4 is 10.6 Å². The minimum atomic E-state index is 0.512. The van der Waals surface area contributed by atoms with E-state index in [4.69, 9.17) is 0 Å². The van der Waals surface area contributed by atoms with Crippen molar-refractivity contribution in [3.63, 3.8) is 0 Å². The van der Waals surface area contributed by atoms with Gasteiger partial charge in [0.25, 0.3) is 0 Å². The van der Waals surface area contributed by atoms with Gasteiger partial charge in [-0.2, -0.15) is 0 Å². The number of nitrogens with one attached hydrogen (secondary N) is 2. The maximum absolute atomic E-state index is 3.41. The summed E-state index contributed by atoms with van der Waals surface area (Å²) in [6.07, 6.45) is 5.97. The van der Waals surface area contributed by atoms with E-state index < -0.39 is 0 Å². The molecular formula is C8H18N2. The smallest absolute Gasteiger partial charge is 0.0542 e. The van der Waals surface area contributed by atoms with Gasteiger partial charge in [0.2, 0.25) is 0 Å². The molecule has 0 atom stereocenters. The van der Waals surface area contributed by atoms with Crippen molar-refractivity contribution in [1.29, 1.82) is 0 Å². The maximum Gasteiger partial charge on any atom is 0.0542 e. The fraction of sp³-hybridized carbons (Fsp3) is 1.00. The summed E-state index contributed by atoms with van der Waals surface area (Å²) >= 11 is 0. The normalized spacial score (nSPS) is 24.9. The van der Waals surface area contributed by atoms with Crippen LogP contribution in [0.25, 0.3) is 0 Å². The molecule has 60 valence electrons. The van der Waals surface area contributed by atoms with E-state index in [1.165, 1.54) is 38.8 Å². The van der Waals surface area contributed by atoms with Crippen molar-refractivity contribution >= 4 is 0 Å². The third-order valence-corrected chi connectivity index (χ3v) is 2.00. The molecule has 0 saturated carbocycles. The monoisotopic (exact) mass is 142 g/mol. The summed E-state index contributed by atoms with van der Waals surface area (Å²) in [6, 6.07) is 0. The predicted molar refractivity (Wildman–Crippen MR) is 43.9 cm³/mol. The Balaban J connectivity index is 2.15. The van der Waals surface area contributed by atoms with Gasteiger partial charge in [-0.3, -0.25) is 0 Å². The number of hydrogen-bond acceptors (Lipinski definition) is 2. The topological polar surface area (TPSA) is 24.1 Å². The molecule has 1 aliphatic rings. The second-order valence-electron chi connectivity index (χ2n) is 3.04. The summed E-state index contributed by atoms with van der Waals surface area (Å²) in [5, 5.41) is 6.83. The molecule has 1 rings (SSSR count). The van der Waals surface area contributed by atoms with Crippen molar-refractivity contribution in [3.8, 4) is 0 Å². The zero-order valence-corrected chi connectivity index (χ0v) is 6.82. The highest BCUT2D eigenvalue weighted by molar-refractivity contribution is 4.61. The van der Waals surface area contributed by atoms with Crippen LogP contribution >= 0.6 is 0 Å². The van der Waals surface area contributed by atoms with E-state index in [1.807, 2.05) is 0 Å². The molecule has 0 aliphatic carbocycles. The molecule has 0 spiro atoms. The van der Waals surface area contributed by atoms with E-state index in [1.54, 1.807) is 0 Å². The lowest BCUT2D eigenvalue weighted by Gasteiger charge is -2.12. The first-order chi connectivity index (χ1) is 4.89. The van der Waals surface area contributed by atoms with Crippen LogP contribution in [0.5, 0.6) is 0 Å². The van der Waals surface area contributed by atoms with Gasteiger partial charge in [0.1, 0.15) is 0 Å². The van der Waals surface area contributed by atoms with Crippen LogP contribution in [0.2, 0.25) is 0 Å². The zero-order valence-electron chi connectivity index (χ0n) is 6.82. The molecule has 2 nitrogen and oxygen atoms in total. The molecule has 1 aliphatic heterocycles. The van der Waals surface area contributed by atoms with Gasteiger partial charge in [0.05, 0.1) is 6.17 Å². The van der Waals surface area contributed by atoms with Crippen molar-refractivity contribution in [2.45, 2.75) is 38.8 Å². The number of rotatable bonds is 0. The predicted octanol–water partition coefficient (Wildman–Crippen LogP) is 1.09. The van der Waals surface area contributed by atoms with Crippen LogP contribution in [-0.4, -0.2) is 19.3 Å². The van der Waals surface area contributed by atoms with Crippen molar-refractivity contribution in [3.05, 3.63) is 0 Å². The van der Waals surface area contributed by atoms with Crippen LogP contribution in [0.1, 0.15) is 32.6 Å². The van der Waals surface area contributed by atoms with Crippen LogP contribution in [-0.2, 0) is 0 Å². The largest absolute Gasteiger partial charge is 0.302 e. The minimum absolute atomic E-state index is 0.512. The maximum atomic E-state index is 3.41. The fourth-order valence-electron chi connectivity index (χ4n) is 1.31. The SMILES string of the molecule is CC1NCCCCCCN1. The summed E-state index contributed by atoms with van der Waals surface area (Å²) in [5.41, 5.74) is 0. The van der Waals surface area contributed by atoms with Crippen molar-refractivity contribution < 1.29 is 0 Å². The summed E-state index contributed by atoms with van der Waals surface area (Å²) in [4.78, 5) is 0. The van der Waals surface area contributed by atoms with Crippen LogP contribution in [0.4, 0.5) is 0 Å². The fourth-order valence-corrected chi connectivity index (χ4v) is 1.31. The molecule has 0 aromatic rings. The molecule has 0 aromatic carbocycles. The van der Waals surface area contributed by atoms with E-state index in [9.17, 15) is 0 Å². The van der Waals surface area contributed by atoms with E-state index >= 15 is 0 Å². The molecule has 1 heterocycles. The molecule has 0 unspecified atom stereocenters. The van der Waals surface area contributed by atoms with E-state index in [2.05, 4.69) is 17.6 Å². The average Bonchev–Trinajstić information content (AvgIpc) is 2.02. The molecule has 0 aromatic heterocycles. The molecule has 0 bridgehead atoms. The molecule has 0 amide bonds. The third kappa shape index (κ3) is 3.18. The van der Waals surface area contributed by atoms with Crippen LogP contribution in [0, 0.1) is 0 Å². The molecule has 10 heavy (non-hydrogen) atoms. The first-order valence-corrected chi connectivity index (χ1v) is 4.36. The second-order valence-corrected chi connectivity index (χ2v) is 3.04. The van der Waals surface area contributed by atoms with Gasteiger partial charge in [-0.05, 0) is 32.9 Å². The van der Waals surface area contributed by atoms with Gasteiger partial charge in [-0.1, -0.05) is 12.8 Å². The molecular weight excluding hydrogens is 124 g/mol. The Labute approximate surface area is 63.4 Å². The van der Waals surface area contributed by atoms with E-state index in [-0.39, 0.29) is 0 Å². The minimum Gasteiger partial charge on any atom is -0.302 e. The van der Waals surface area contributed by atoms with Gasteiger partial charge in [-0.15, -0.1) is 0 Å². The molecule has 0 radical (unpaired) electrons. The Morgan fingerprint density at radius 2 is 1.40 bits per heavy atom. The van der Waals surface area contributed by atoms with E-state index in [0.717, 1.165) is 0 Å². The summed E-state index contributed by atoms with van der Waals surface area (Å²) in [7, 11) is 0. The third-order valence-electron chi connectivity index (χ3n) is 2.00. The van der Waals surface area contributed by atoms with Crippen LogP contribution in [0.3, 0.4) is 0 Å². The average molecular weight is 142 g/mol. The highest BCUT2D eigenvalue weighted by Crippen LogP contribution is 1.99. The first kappa shape index (κ1) is 8.02. The molecule has 1 fully saturated rings. The quantitative estimate of drug-likeness (QED) is 0.529. The second kappa shape index (κ2) is 4.69. The van der Waals surface area contributed by atoms with Gasteiger partial charge in [0.15, 0.2) is 0 Å². The molecule has 2 heteroatoms. The van der Waals surface area contributed by atoms with Crippen molar-refractivity contribution in [1.82, 2.24) is 10.6 Å². The Kier molecular flexibility index (Phi) is 3.76. The van der Waals surface area contributed by atoms with Crippen LogP contribution in [0.15, 0.2) is 0 Å². The van der Waals surface area contributed by atoms with Crippen molar-refractivity contribution in [2.24, 2.45) is 0 Å².